The molecule has 0 radical (unpaired) electrons. The summed E-state index contributed by atoms with van der Waals surface area (Å²) in [5, 5.41) is 1.10. The molecule has 0 spiro atoms. The van der Waals surface area contributed by atoms with Crippen molar-refractivity contribution in [2.24, 2.45) is 0 Å². The first-order valence-electron chi connectivity index (χ1n) is 8.49. The molecule has 0 bridgehead atoms. The van der Waals surface area contributed by atoms with Gasteiger partial charge >= 0.3 is 0 Å². The second-order valence-corrected chi connectivity index (χ2v) is 7.36. The lowest BCUT2D eigenvalue weighted by Crippen LogP contribution is -2.38. The average Bonchev–Trinajstić information content (AvgIpc) is 3.26. The Kier molecular flexibility index (Phi) is 5.17. The number of fused-ring (bicyclic) bond motifs is 1. The molecule has 0 aliphatic rings. The highest BCUT2D eigenvalue weighted by molar-refractivity contribution is 7.11. The van der Waals surface area contributed by atoms with E-state index in [1.165, 1.54) is 6.33 Å². The van der Waals surface area contributed by atoms with Crippen molar-refractivity contribution >= 4 is 34.2 Å². The lowest BCUT2D eigenvalue weighted by atomic mass is 10.2. The van der Waals surface area contributed by atoms with E-state index in [0.717, 1.165) is 27.5 Å². The molecule has 3 heterocycles. The minimum Gasteiger partial charge on any atom is -0.348 e. The number of hydrogen-bond donors (Lipinski definition) is 1. The molecule has 0 saturated heterocycles. The number of H-pyrrole nitrogens is 1. The topological polar surface area (TPSA) is 90.9 Å². The van der Waals surface area contributed by atoms with E-state index in [1.807, 2.05) is 32.8 Å². The van der Waals surface area contributed by atoms with E-state index in [-0.39, 0.29) is 18.5 Å². The maximum Gasteiger partial charge on any atom is 0.242 e. The predicted octanol–water partition coefficient (Wildman–Crippen LogP) is 2.34. The standard InChI is InChI=1S/C17H23N7OS/c1-6-12-22-10(2)15(26-12)11(3)24(5)13(25)7-23(4)17-14-16(19-8-18-14)20-9-21-17/h8-9,11H,6-7H2,1-5H3,(H,18,19,20,21). The molecular weight excluding hydrogens is 350 g/mol. The zero-order valence-electron chi connectivity index (χ0n) is 15.6. The van der Waals surface area contributed by atoms with Gasteiger partial charge in [0.05, 0.1) is 29.6 Å². The molecule has 3 aromatic heterocycles. The molecule has 26 heavy (non-hydrogen) atoms. The van der Waals surface area contributed by atoms with E-state index in [2.05, 4.69) is 31.8 Å². The Morgan fingerprint density at radius 1 is 1.31 bits per heavy atom. The number of carbonyl (C=O) groups is 1. The highest BCUT2D eigenvalue weighted by Crippen LogP contribution is 2.29. The van der Waals surface area contributed by atoms with Crippen LogP contribution in [0.4, 0.5) is 5.82 Å². The largest absolute Gasteiger partial charge is 0.348 e. The van der Waals surface area contributed by atoms with Gasteiger partial charge in [-0.1, -0.05) is 6.92 Å². The minimum atomic E-state index is -0.0220. The number of nitrogens with zero attached hydrogens (tertiary/aromatic N) is 6. The van der Waals surface area contributed by atoms with Crippen LogP contribution in [0.3, 0.4) is 0 Å². The summed E-state index contributed by atoms with van der Waals surface area (Å²) in [6.07, 6.45) is 3.94. The number of rotatable bonds is 6. The molecule has 1 N–H and O–H groups in total. The zero-order valence-corrected chi connectivity index (χ0v) is 16.5. The SMILES string of the molecule is CCc1nc(C)c(C(C)N(C)C(=O)CN(C)c2ncnc3nc[nH]c23)s1. The van der Waals surface area contributed by atoms with Crippen LogP contribution in [0, 0.1) is 6.92 Å². The number of imidazole rings is 1. The van der Waals surface area contributed by atoms with Crippen molar-refractivity contribution in [2.75, 3.05) is 25.5 Å². The highest BCUT2D eigenvalue weighted by Gasteiger charge is 2.23. The molecule has 3 aromatic rings. The van der Waals surface area contributed by atoms with Crippen LogP contribution in [0.15, 0.2) is 12.7 Å². The van der Waals surface area contributed by atoms with Gasteiger partial charge in [0.2, 0.25) is 5.91 Å². The summed E-state index contributed by atoms with van der Waals surface area (Å²) >= 11 is 1.68. The van der Waals surface area contributed by atoms with Gasteiger partial charge in [0.15, 0.2) is 11.5 Å². The Morgan fingerprint density at radius 2 is 2.08 bits per heavy atom. The number of thiazole rings is 1. The summed E-state index contributed by atoms with van der Waals surface area (Å²) in [5.41, 5.74) is 2.31. The third kappa shape index (κ3) is 3.39. The molecule has 0 fully saturated rings. The number of aromatic nitrogens is 5. The molecule has 0 aliphatic heterocycles. The van der Waals surface area contributed by atoms with Gasteiger partial charge in [0.25, 0.3) is 0 Å². The Labute approximate surface area is 156 Å². The fraction of sp³-hybridized carbons (Fsp3) is 0.471. The van der Waals surface area contributed by atoms with Gasteiger partial charge < -0.3 is 14.8 Å². The van der Waals surface area contributed by atoms with Crippen LogP contribution in [0.2, 0.25) is 0 Å². The number of amides is 1. The Balaban J connectivity index is 1.74. The van der Waals surface area contributed by atoms with E-state index < -0.39 is 0 Å². The predicted molar refractivity (Wildman–Crippen MR) is 102 cm³/mol. The number of anilines is 1. The van der Waals surface area contributed by atoms with Crippen molar-refractivity contribution in [3.8, 4) is 0 Å². The normalized spacial score (nSPS) is 12.3. The minimum absolute atomic E-state index is 0.0112. The lowest BCUT2D eigenvalue weighted by Gasteiger charge is -2.27. The molecule has 138 valence electrons. The fourth-order valence-corrected chi connectivity index (χ4v) is 3.93. The van der Waals surface area contributed by atoms with Crippen LogP contribution in [-0.4, -0.2) is 56.4 Å². The molecule has 1 atom stereocenters. The molecule has 8 nitrogen and oxygen atoms in total. The van der Waals surface area contributed by atoms with Crippen LogP contribution < -0.4 is 4.90 Å². The third-order valence-corrected chi connectivity index (χ3v) is 5.94. The molecule has 1 amide bonds. The van der Waals surface area contributed by atoms with E-state index in [4.69, 9.17) is 0 Å². The van der Waals surface area contributed by atoms with Gasteiger partial charge in [0.1, 0.15) is 11.8 Å². The second-order valence-electron chi connectivity index (χ2n) is 6.25. The van der Waals surface area contributed by atoms with Gasteiger partial charge in [-0.2, -0.15) is 0 Å². The fourth-order valence-electron chi connectivity index (χ4n) is 2.83. The Morgan fingerprint density at radius 3 is 2.77 bits per heavy atom. The molecule has 1 unspecified atom stereocenters. The summed E-state index contributed by atoms with van der Waals surface area (Å²) < 4.78 is 0. The smallest absolute Gasteiger partial charge is 0.242 e. The number of carbonyl (C=O) groups excluding carboxylic acids is 1. The molecule has 9 heteroatoms. The van der Waals surface area contributed by atoms with Crippen molar-refractivity contribution < 1.29 is 4.79 Å². The Hall–Kier alpha value is -2.55. The van der Waals surface area contributed by atoms with Gasteiger partial charge in [-0.3, -0.25) is 4.79 Å². The zero-order chi connectivity index (χ0) is 18.8. The summed E-state index contributed by atoms with van der Waals surface area (Å²) in [6, 6.07) is -0.0220. The van der Waals surface area contributed by atoms with Crippen LogP contribution in [0.25, 0.3) is 11.2 Å². The quantitative estimate of drug-likeness (QED) is 0.713. The number of nitrogens with one attached hydrogen (secondary N) is 1. The van der Waals surface area contributed by atoms with Crippen LogP contribution in [0.5, 0.6) is 0 Å². The summed E-state index contributed by atoms with van der Waals surface area (Å²) in [4.78, 5) is 37.6. The van der Waals surface area contributed by atoms with E-state index in [9.17, 15) is 4.79 Å². The number of aryl methyl sites for hydroxylation is 2. The van der Waals surface area contributed by atoms with Gasteiger partial charge in [-0.05, 0) is 20.3 Å². The van der Waals surface area contributed by atoms with Crippen molar-refractivity contribution in [1.29, 1.82) is 0 Å². The summed E-state index contributed by atoms with van der Waals surface area (Å²) in [5.74, 6) is 0.668. The van der Waals surface area contributed by atoms with Crippen LogP contribution in [-0.2, 0) is 11.2 Å². The monoisotopic (exact) mass is 373 g/mol. The first-order valence-corrected chi connectivity index (χ1v) is 9.31. The molecular formula is C17H23N7OS. The first kappa shape index (κ1) is 18.2. The van der Waals surface area contributed by atoms with Crippen molar-refractivity contribution in [2.45, 2.75) is 33.2 Å². The van der Waals surface area contributed by atoms with E-state index in [1.54, 1.807) is 22.6 Å². The van der Waals surface area contributed by atoms with Gasteiger partial charge in [-0.15, -0.1) is 11.3 Å². The molecule has 3 rings (SSSR count). The maximum atomic E-state index is 12.8. The lowest BCUT2D eigenvalue weighted by molar-refractivity contribution is -0.130. The summed E-state index contributed by atoms with van der Waals surface area (Å²) in [7, 11) is 3.67. The van der Waals surface area contributed by atoms with Crippen LogP contribution in [0.1, 0.15) is 35.5 Å². The number of likely N-dealkylation sites (N-methyl/N-ethyl adjacent to an activating group) is 2. The number of hydrogen-bond acceptors (Lipinski definition) is 7. The van der Waals surface area contributed by atoms with Gasteiger partial charge in [0, 0.05) is 19.0 Å². The first-order chi connectivity index (χ1) is 12.4. The second kappa shape index (κ2) is 7.36. The maximum absolute atomic E-state index is 12.8. The average molecular weight is 373 g/mol. The van der Waals surface area contributed by atoms with Crippen molar-refractivity contribution in [3.05, 3.63) is 28.2 Å². The highest BCUT2D eigenvalue weighted by atomic mass is 32.1. The summed E-state index contributed by atoms with van der Waals surface area (Å²) in [6.45, 7) is 6.34. The number of aromatic amines is 1. The van der Waals surface area contributed by atoms with E-state index in [0.29, 0.717) is 11.5 Å². The third-order valence-electron chi connectivity index (χ3n) is 4.47. The molecule has 0 aliphatic carbocycles. The van der Waals surface area contributed by atoms with E-state index >= 15 is 0 Å². The van der Waals surface area contributed by atoms with Crippen molar-refractivity contribution in [3.63, 3.8) is 0 Å². The van der Waals surface area contributed by atoms with Crippen molar-refractivity contribution in [1.82, 2.24) is 29.8 Å². The Bertz CT molecular complexity index is 919. The van der Waals surface area contributed by atoms with Crippen LogP contribution >= 0.6 is 11.3 Å². The molecule has 0 aromatic carbocycles. The van der Waals surface area contributed by atoms with Gasteiger partial charge in [-0.25, -0.2) is 19.9 Å². The molecule has 0 saturated carbocycles.